The number of nitrogens with zero attached hydrogens (tertiary/aromatic N) is 2. The second kappa shape index (κ2) is 9.35. The number of aliphatic hydroxyl groups is 1. The molecule has 36 heavy (non-hydrogen) atoms. The summed E-state index contributed by atoms with van der Waals surface area (Å²) in [6, 6.07) is 18.1. The van der Waals surface area contributed by atoms with Crippen LogP contribution < -0.4 is 19.1 Å². The lowest BCUT2D eigenvalue weighted by atomic mass is 9.94. The summed E-state index contributed by atoms with van der Waals surface area (Å²) in [6.07, 6.45) is 0. The fraction of sp³-hybridized carbons (Fsp3) is 0.148. The van der Waals surface area contributed by atoms with Gasteiger partial charge in [-0.15, -0.1) is 0 Å². The first-order valence-electron chi connectivity index (χ1n) is 11.0. The summed E-state index contributed by atoms with van der Waals surface area (Å²) >= 11 is 1.25. The molecular weight excluding hydrogens is 480 g/mol. The molecule has 9 heteroatoms. The number of aliphatic hydroxyl groups excluding tert-OH is 1. The number of methoxy groups -OCH3 is 3. The summed E-state index contributed by atoms with van der Waals surface area (Å²) < 4.78 is 17.1. The molecule has 1 aromatic heterocycles. The molecule has 0 bridgehead atoms. The number of thiazole rings is 1. The third-order valence-corrected chi connectivity index (χ3v) is 7.03. The standard InChI is InChI=1S/C27H22N2O6S/c1-33-16-10-12-20(35-3)18(13-16)23-22(24(30)15-7-5-4-6-8-15)25(31)26(32)29(23)27-28-19-11-9-17(34-2)14-21(19)36-27/h4-14,23,30H,1-3H3/b24-22+/t23-/m0/s1. The maximum atomic E-state index is 13.5. The van der Waals surface area contributed by atoms with E-state index < -0.39 is 17.7 Å². The largest absolute Gasteiger partial charge is 0.507 e. The second-order valence-corrected chi connectivity index (χ2v) is 8.98. The fourth-order valence-electron chi connectivity index (χ4n) is 4.25. The highest BCUT2D eigenvalue weighted by Gasteiger charge is 2.49. The van der Waals surface area contributed by atoms with Crippen molar-refractivity contribution < 1.29 is 28.9 Å². The first-order valence-corrected chi connectivity index (χ1v) is 11.8. The van der Waals surface area contributed by atoms with E-state index in [1.54, 1.807) is 67.8 Å². The number of hydrogen-bond donors (Lipinski definition) is 1. The number of carbonyl (C=O) groups excluding carboxylic acids is 2. The molecule has 1 aliphatic rings. The molecule has 8 nitrogen and oxygen atoms in total. The average molecular weight is 503 g/mol. The number of hydrogen-bond acceptors (Lipinski definition) is 8. The maximum absolute atomic E-state index is 13.5. The zero-order valence-corrected chi connectivity index (χ0v) is 20.5. The quantitative estimate of drug-likeness (QED) is 0.226. The number of benzene rings is 3. The Morgan fingerprint density at radius 1 is 0.917 bits per heavy atom. The molecule has 5 rings (SSSR count). The van der Waals surface area contributed by atoms with E-state index in [0.29, 0.717) is 39.0 Å². The Bertz CT molecular complexity index is 1510. The van der Waals surface area contributed by atoms with Gasteiger partial charge in [0.05, 0.1) is 37.1 Å². The molecule has 1 aliphatic heterocycles. The normalized spacial score (nSPS) is 17.0. The van der Waals surface area contributed by atoms with Crippen molar-refractivity contribution in [3.8, 4) is 17.2 Å². The highest BCUT2D eigenvalue weighted by atomic mass is 32.1. The number of aromatic nitrogens is 1. The Labute approximate surface area is 211 Å². The first kappa shape index (κ1) is 23.4. The van der Waals surface area contributed by atoms with Crippen LogP contribution in [-0.2, 0) is 9.59 Å². The first-order chi connectivity index (χ1) is 17.5. The Balaban J connectivity index is 1.77. The summed E-state index contributed by atoms with van der Waals surface area (Å²) in [7, 11) is 4.59. The second-order valence-electron chi connectivity index (χ2n) is 7.97. The van der Waals surface area contributed by atoms with Gasteiger partial charge < -0.3 is 19.3 Å². The van der Waals surface area contributed by atoms with Crippen LogP contribution in [0.3, 0.4) is 0 Å². The summed E-state index contributed by atoms with van der Waals surface area (Å²) in [5.74, 6) is -0.319. The van der Waals surface area contributed by atoms with Gasteiger partial charge in [-0.25, -0.2) is 4.98 Å². The number of Topliss-reactive ketones (excluding diaryl/α,β-unsaturated/α-hetero) is 1. The van der Waals surface area contributed by atoms with Crippen molar-refractivity contribution in [1.29, 1.82) is 0 Å². The molecule has 0 saturated carbocycles. The fourth-order valence-corrected chi connectivity index (χ4v) is 5.27. The molecule has 182 valence electrons. The van der Waals surface area contributed by atoms with E-state index in [0.717, 1.165) is 4.70 Å². The van der Waals surface area contributed by atoms with E-state index in [-0.39, 0.29) is 11.3 Å². The summed E-state index contributed by atoms with van der Waals surface area (Å²) in [4.78, 5) is 32.9. The SMILES string of the molecule is COc1ccc(OC)c([C@H]2/C(=C(\O)c3ccccc3)C(=O)C(=O)N2c2nc3ccc(OC)cc3s2)c1. The predicted octanol–water partition coefficient (Wildman–Crippen LogP) is 4.95. The average Bonchev–Trinajstić information content (AvgIpc) is 3.45. The van der Waals surface area contributed by atoms with Gasteiger partial charge in [-0.2, -0.15) is 0 Å². The van der Waals surface area contributed by atoms with E-state index in [4.69, 9.17) is 14.2 Å². The van der Waals surface area contributed by atoms with Crippen LogP contribution in [-0.4, -0.2) is 43.1 Å². The van der Waals surface area contributed by atoms with Crippen LogP contribution >= 0.6 is 11.3 Å². The number of ether oxygens (including phenoxy) is 3. The van der Waals surface area contributed by atoms with Crippen molar-refractivity contribution in [2.75, 3.05) is 26.2 Å². The molecule has 4 aromatic rings. The van der Waals surface area contributed by atoms with Crippen molar-refractivity contribution in [1.82, 2.24) is 4.98 Å². The van der Waals surface area contributed by atoms with Gasteiger partial charge >= 0.3 is 5.91 Å². The molecule has 2 heterocycles. The van der Waals surface area contributed by atoms with Gasteiger partial charge in [0.1, 0.15) is 29.0 Å². The van der Waals surface area contributed by atoms with Crippen LogP contribution in [0.15, 0.2) is 72.3 Å². The Kier molecular flexibility index (Phi) is 6.07. The number of anilines is 1. The van der Waals surface area contributed by atoms with Crippen LogP contribution in [0.25, 0.3) is 16.0 Å². The minimum Gasteiger partial charge on any atom is -0.507 e. The van der Waals surface area contributed by atoms with E-state index >= 15 is 0 Å². The molecule has 1 amide bonds. The molecule has 1 atom stereocenters. The summed E-state index contributed by atoms with van der Waals surface area (Å²) in [5.41, 5.74) is 1.48. The molecule has 3 aromatic carbocycles. The van der Waals surface area contributed by atoms with Gasteiger partial charge in [-0.1, -0.05) is 41.7 Å². The molecule has 0 unspecified atom stereocenters. The van der Waals surface area contributed by atoms with E-state index in [2.05, 4.69) is 4.98 Å². The summed E-state index contributed by atoms with van der Waals surface area (Å²) in [6.45, 7) is 0. The lowest BCUT2D eigenvalue weighted by Crippen LogP contribution is -2.29. The predicted molar refractivity (Wildman–Crippen MR) is 137 cm³/mol. The van der Waals surface area contributed by atoms with Crippen LogP contribution in [0.1, 0.15) is 17.2 Å². The third-order valence-electron chi connectivity index (χ3n) is 6.01. The lowest BCUT2D eigenvalue weighted by Gasteiger charge is -2.25. The van der Waals surface area contributed by atoms with Crippen molar-refractivity contribution >= 4 is 44.1 Å². The third kappa shape index (κ3) is 3.83. The highest BCUT2D eigenvalue weighted by Crippen LogP contribution is 2.47. The van der Waals surface area contributed by atoms with Gasteiger partial charge in [0.25, 0.3) is 5.78 Å². The number of carbonyl (C=O) groups is 2. The zero-order chi connectivity index (χ0) is 25.4. The monoisotopic (exact) mass is 502 g/mol. The van der Waals surface area contributed by atoms with Gasteiger partial charge in [0.2, 0.25) is 0 Å². The number of fused-ring (bicyclic) bond motifs is 1. The number of ketones is 1. The Hall–Kier alpha value is -4.37. The summed E-state index contributed by atoms with van der Waals surface area (Å²) in [5, 5.41) is 11.6. The highest BCUT2D eigenvalue weighted by molar-refractivity contribution is 7.22. The lowest BCUT2D eigenvalue weighted by molar-refractivity contribution is -0.132. The molecular formula is C27H22N2O6S. The van der Waals surface area contributed by atoms with Crippen molar-refractivity contribution in [2.24, 2.45) is 0 Å². The Morgan fingerprint density at radius 2 is 1.61 bits per heavy atom. The zero-order valence-electron chi connectivity index (χ0n) is 19.7. The number of amides is 1. The molecule has 0 aliphatic carbocycles. The van der Waals surface area contributed by atoms with Crippen LogP contribution in [0, 0.1) is 0 Å². The molecule has 0 radical (unpaired) electrons. The Morgan fingerprint density at radius 3 is 2.31 bits per heavy atom. The van der Waals surface area contributed by atoms with Gasteiger partial charge in [0.15, 0.2) is 5.13 Å². The minimum absolute atomic E-state index is 0.0606. The van der Waals surface area contributed by atoms with Crippen molar-refractivity contribution in [2.45, 2.75) is 6.04 Å². The van der Waals surface area contributed by atoms with Gasteiger partial charge in [0, 0.05) is 11.1 Å². The van der Waals surface area contributed by atoms with E-state index in [1.807, 2.05) is 6.07 Å². The minimum atomic E-state index is -1.00. The van der Waals surface area contributed by atoms with Gasteiger partial charge in [-0.05, 0) is 36.4 Å². The van der Waals surface area contributed by atoms with Crippen LogP contribution in [0.2, 0.25) is 0 Å². The topological polar surface area (TPSA) is 98.2 Å². The maximum Gasteiger partial charge on any atom is 0.301 e. The van der Waals surface area contributed by atoms with E-state index in [9.17, 15) is 14.7 Å². The molecule has 1 saturated heterocycles. The number of rotatable bonds is 6. The van der Waals surface area contributed by atoms with Crippen molar-refractivity contribution in [3.63, 3.8) is 0 Å². The molecule has 0 spiro atoms. The van der Waals surface area contributed by atoms with E-state index in [1.165, 1.54) is 30.5 Å². The molecule has 1 N–H and O–H groups in total. The van der Waals surface area contributed by atoms with Crippen LogP contribution in [0.5, 0.6) is 17.2 Å². The smallest absolute Gasteiger partial charge is 0.301 e. The van der Waals surface area contributed by atoms with Crippen LogP contribution in [0.4, 0.5) is 5.13 Å². The van der Waals surface area contributed by atoms with Crippen molar-refractivity contribution in [3.05, 3.63) is 83.4 Å². The molecule has 1 fully saturated rings. The van der Waals surface area contributed by atoms with Gasteiger partial charge in [-0.3, -0.25) is 14.5 Å².